The Kier molecular flexibility index (Phi) is 4.35. The van der Waals surface area contributed by atoms with Crippen LogP contribution in [0.4, 0.5) is 13.2 Å². The Morgan fingerprint density at radius 2 is 1.65 bits per heavy atom. The van der Waals surface area contributed by atoms with Gasteiger partial charge in [0.2, 0.25) is 0 Å². The molecule has 26 heavy (non-hydrogen) atoms. The summed E-state index contributed by atoms with van der Waals surface area (Å²) in [7, 11) is 0. The molecular formula is C20H20F3NO2. The van der Waals surface area contributed by atoms with Gasteiger partial charge >= 0.3 is 6.18 Å². The van der Waals surface area contributed by atoms with Crippen molar-refractivity contribution in [3.63, 3.8) is 0 Å². The Balaban J connectivity index is 2.41. The van der Waals surface area contributed by atoms with E-state index in [4.69, 9.17) is 0 Å². The molecule has 1 unspecified atom stereocenters. The lowest BCUT2D eigenvalue weighted by atomic mass is 9.92. The summed E-state index contributed by atoms with van der Waals surface area (Å²) < 4.78 is 41.3. The van der Waals surface area contributed by atoms with E-state index in [2.05, 4.69) is 0 Å². The van der Waals surface area contributed by atoms with Crippen LogP contribution < -0.4 is 5.56 Å². The van der Waals surface area contributed by atoms with E-state index in [1.807, 2.05) is 13.8 Å². The quantitative estimate of drug-likeness (QED) is 0.692. The molecule has 0 aliphatic carbocycles. The van der Waals surface area contributed by atoms with Crippen LogP contribution >= 0.6 is 0 Å². The maximum Gasteiger partial charge on any atom is 0.421 e. The molecule has 3 nitrogen and oxygen atoms in total. The number of halogens is 3. The lowest BCUT2D eigenvalue weighted by molar-refractivity contribution is -0.258. The molecule has 6 heteroatoms. The molecule has 2 aromatic carbocycles. The van der Waals surface area contributed by atoms with Crippen LogP contribution in [0, 0.1) is 5.92 Å². The molecule has 1 atom stereocenters. The Morgan fingerprint density at radius 1 is 1.04 bits per heavy atom. The number of aliphatic hydroxyl groups is 1. The zero-order valence-electron chi connectivity index (χ0n) is 14.8. The van der Waals surface area contributed by atoms with Gasteiger partial charge in [-0.1, -0.05) is 38.1 Å². The first-order valence-corrected chi connectivity index (χ1v) is 8.39. The van der Waals surface area contributed by atoms with Crippen LogP contribution in [0.5, 0.6) is 0 Å². The van der Waals surface area contributed by atoms with Crippen LogP contribution in [0.1, 0.15) is 26.3 Å². The second-order valence-corrected chi connectivity index (χ2v) is 7.16. The summed E-state index contributed by atoms with van der Waals surface area (Å²) in [5.74, 6) is 0.190. The molecule has 138 valence electrons. The fraction of sp³-hybridized carbons (Fsp3) is 0.350. The Labute approximate surface area is 148 Å². The summed E-state index contributed by atoms with van der Waals surface area (Å²) in [4.78, 5) is 12.9. The molecule has 0 spiro atoms. The molecule has 0 bridgehead atoms. The standard InChI is InChI=1S/C20H20F3NO2/c1-12(2)11-24-17-9-8-13(19(3,26)20(21,22)23)10-16(17)14-6-4-5-7-15(14)18(24)25/h4-10,12,26H,11H2,1-3H3. The van der Waals surface area contributed by atoms with Crippen molar-refractivity contribution in [1.82, 2.24) is 4.57 Å². The molecule has 0 amide bonds. The van der Waals surface area contributed by atoms with Crippen molar-refractivity contribution in [1.29, 1.82) is 0 Å². The molecule has 1 N–H and O–H groups in total. The second-order valence-electron chi connectivity index (χ2n) is 7.16. The fourth-order valence-corrected chi connectivity index (χ4v) is 3.16. The number of benzene rings is 2. The number of hydrogen-bond donors (Lipinski definition) is 1. The maximum absolute atomic E-state index is 13.2. The van der Waals surface area contributed by atoms with E-state index in [1.54, 1.807) is 28.8 Å². The summed E-state index contributed by atoms with van der Waals surface area (Å²) >= 11 is 0. The van der Waals surface area contributed by atoms with Gasteiger partial charge in [-0.3, -0.25) is 4.79 Å². The first kappa shape index (κ1) is 18.5. The monoisotopic (exact) mass is 363 g/mol. The molecule has 0 fully saturated rings. The number of nitrogens with zero attached hydrogens (tertiary/aromatic N) is 1. The number of aromatic nitrogens is 1. The zero-order chi connectivity index (χ0) is 19.3. The van der Waals surface area contributed by atoms with Crippen LogP contribution in [-0.4, -0.2) is 15.8 Å². The highest BCUT2D eigenvalue weighted by Crippen LogP contribution is 2.39. The lowest BCUT2D eigenvalue weighted by Gasteiger charge is -2.27. The molecule has 0 aliphatic heterocycles. The minimum Gasteiger partial charge on any atom is -0.376 e. The summed E-state index contributed by atoms with van der Waals surface area (Å²) in [6.45, 7) is 5.13. The van der Waals surface area contributed by atoms with Crippen molar-refractivity contribution in [2.24, 2.45) is 5.92 Å². The van der Waals surface area contributed by atoms with Crippen molar-refractivity contribution >= 4 is 21.7 Å². The van der Waals surface area contributed by atoms with E-state index in [-0.39, 0.29) is 17.0 Å². The molecule has 0 radical (unpaired) electrons. The number of fused-ring (bicyclic) bond motifs is 3. The highest BCUT2D eigenvalue weighted by atomic mass is 19.4. The average Bonchev–Trinajstić information content (AvgIpc) is 2.57. The predicted molar refractivity (Wildman–Crippen MR) is 96.2 cm³/mol. The van der Waals surface area contributed by atoms with Crippen molar-refractivity contribution < 1.29 is 18.3 Å². The van der Waals surface area contributed by atoms with Gasteiger partial charge in [0, 0.05) is 17.3 Å². The molecule has 3 rings (SSSR count). The van der Waals surface area contributed by atoms with E-state index >= 15 is 0 Å². The Hall–Kier alpha value is -2.34. The van der Waals surface area contributed by atoms with E-state index < -0.39 is 11.8 Å². The van der Waals surface area contributed by atoms with Gasteiger partial charge in [-0.05, 0) is 42.0 Å². The molecule has 0 aliphatic rings. The molecule has 0 saturated carbocycles. The third-order valence-corrected chi connectivity index (χ3v) is 4.64. The minimum atomic E-state index is -4.80. The topological polar surface area (TPSA) is 42.2 Å². The van der Waals surface area contributed by atoms with E-state index in [9.17, 15) is 23.1 Å². The third kappa shape index (κ3) is 2.88. The normalized spacial score (nSPS) is 14.9. The molecular weight excluding hydrogens is 343 g/mol. The first-order chi connectivity index (χ1) is 12.0. The van der Waals surface area contributed by atoms with Gasteiger partial charge in [-0.25, -0.2) is 0 Å². The predicted octanol–water partition coefficient (Wildman–Crippen LogP) is 4.58. The van der Waals surface area contributed by atoms with Gasteiger partial charge in [0.25, 0.3) is 5.56 Å². The number of pyridine rings is 1. The summed E-state index contributed by atoms with van der Waals surface area (Å²) in [6.07, 6.45) is -4.80. The van der Waals surface area contributed by atoms with Crippen LogP contribution in [0.15, 0.2) is 47.3 Å². The summed E-state index contributed by atoms with van der Waals surface area (Å²) in [5.41, 5.74) is -2.83. The van der Waals surface area contributed by atoms with Crippen LogP contribution in [0.3, 0.4) is 0 Å². The van der Waals surface area contributed by atoms with Gasteiger partial charge in [-0.2, -0.15) is 13.2 Å². The maximum atomic E-state index is 13.2. The van der Waals surface area contributed by atoms with Gasteiger partial charge < -0.3 is 9.67 Å². The van der Waals surface area contributed by atoms with Gasteiger partial charge in [-0.15, -0.1) is 0 Å². The largest absolute Gasteiger partial charge is 0.421 e. The van der Waals surface area contributed by atoms with Crippen molar-refractivity contribution in [3.8, 4) is 0 Å². The fourth-order valence-electron chi connectivity index (χ4n) is 3.16. The second kappa shape index (κ2) is 6.13. The van der Waals surface area contributed by atoms with Gasteiger partial charge in [0.1, 0.15) is 0 Å². The highest BCUT2D eigenvalue weighted by molar-refractivity contribution is 6.05. The van der Waals surface area contributed by atoms with Gasteiger partial charge in [0.05, 0.1) is 5.52 Å². The van der Waals surface area contributed by atoms with Crippen LogP contribution in [0.25, 0.3) is 21.7 Å². The average molecular weight is 363 g/mol. The van der Waals surface area contributed by atoms with Crippen molar-refractivity contribution in [2.75, 3.05) is 0 Å². The van der Waals surface area contributed by atoms with Crippen LogP contribution in [0.2, 0.25) is 0 Å². The van der Waals surface area contributed by atoms with Crippen molar-refractivity contribution in [2.45, 2.75) is 39.1 Å². The van der Waals surface area contributed by atoms with E-state index in [0.717, 1.165) is 6.92 Å². The highest BCUT2D eigenvalue weighted by Gasteiger charge is 2.51. The van der Waals surface area contributed by atoms with Crippen molar-refractivity contribution in [3.05, 3.63) is 58.4 Å². The molecule has 0 saturated heterocycles. The molecule has 3 aromatic rings. The SMILES string of the molecule is CC(C)Cn1c(=O)c2ccccc2c2cc(C(C)(O)C(F)(F)F)ccc21. The smallest absolute Gasteiger partial charge is 0.376 e. The van der Waals surface area contributed by atoms with E-state index in [0.29, 0.717) is 28.2 Å². The summed E-state index contributed by atoms with van der Waals surface area (Å²) in [5, 5.41) is 11.6. The first-order valence-electron chi connectivity index (χ1n) is 8.39. The third-order valence-electron chi connectivity index (χ3n) is 4.64. The summed E-state index contributed by atoms with van der Waals surface area (Å²) in [6, 6.07) is 10.9. The lowest BCUT2D eigenvalue weighted by Crippen LogP contribution is -2.39. The number of alkyl halides is 3. The minimum absolute atomic E-state index is 0.169. The van der Waals surface area contributed by atoms with E-state index in [1.165, 1.54) is 18.2 Å². The molecule has 1 aromatic heterocycles. The van der Waals surface area contributed by atoms with Crippen LogP contribution in [-0.2, 0) is 12.1 Å². The Morgan fingerprint density at radius 3 is 2.23 bits per heavy atom. The van der Waals surface area contributed by atoms with Gasteiger partial charge in [0.15, 0.2) is 5.60 Å². The zero-order valence-corrected chi connectivity index (χ0v) is 14.8. The number of rotatable bonds is 3. The molecule has 1 heterocycles. The number of hydrogen-bond acceptors (Lipinski definition) is 2. The Bertz CT molecular complexity index is 1030.